The number of hydrogen-bond acceptors (Lipinski definition) is 5. The number of nitrogens with zero attached hydrogens (tertiary/aromatic N) is 2. The van der Waals surface area contributed by atoms with E-state index in [1.54, 1.807) is 12.1 Å². The monoisotopic (exact) mass is 443 g/mol. The lowest BCUT2D eigenvalue weighted by atomic mass is 10.2. The summed E-state index contributed by atoms with van der Waals surface area (Å²) in [7, 11) is -6.02. The predicted molar refractivity (Wildman–Crippen MR) is 112 cm³/mol. The number of carbonyl (C=O) groups is 1. The van der Waals surface area contributed by atoms with Crippen molar-refractivity contribution in [3.8, 4) is 0 Å². The van der Waals surface area contributed by atoms with Crippen molar-refractivity contribution in [2.45, 2.75) is 13.0 Å². The molecule has 158 valence electrons. The van der Waals surface area contributed by atoms with E-state index in [1.165, 1.54) is 44.3 Å². The largest absolute Gasteiger partial charge is 0.324 e. The van der Waals surface area contributed by atoms with E-state index in [4.69, 9.17) is 0 Å². The molecule has 29 heavy (non-hydrogen) atoms. The summed E-state index contributed by atoms with van der Waals surface area (Å²) in [6.07, 6.45) is 1.96. The zero-order valence-corrected chi connectivity index (χ0v) is 18.0. The van der Waals surface area contributed by atoms with Crippen molar-refractivity contribution >= 4 is 43.0 Å². The number of amides is 1. The lowest BCUT2D eigenvalue weighted by molar-refractivity contribution is -0.116. The van der Waals surface area contributed by atoms with E-state index >= 15 is 0 Å². The van der Waals surface area contributed by atoms with Crippen LogP contribution in [0.5, 0.6) is 0 Å². The molecule has 0 heterocycles. The fourth-order valence-electron chi connectivity index (χ4n) is 2.64. The Balaban J connectivity index is 2.31. The molecule has 0 bridgehead atoms. The molecule has 0 spiro atoms. The Bertz CT molecular complexity index is 1120. The second-order valence-corrected chi connectivity index (χ2v) is 10.4. The zero-order valence-electron chi connectivity index (χ0n) is 16.3. The van der Waals surface area contributed by atoms with Crippen LogP contribution in [-0.2, 0) is 24.8 Å². The van der Waals surface area contributed by atoms with Gasteiger partial charge in [-0.15, -0.1) is 0 Å². The molecular formula is C18H22FN3O5S2. The van der Waals surface area contributed by atoms with Gasteiger partial charge in [0.1, 0.15) is 11.9 Å². The van der Waals surface area contributed by atoms with Crippen molar-refractivity contribution in [3.63, 3.8) is 0 Å². The second-order valence-electron chi connectivity index (χ2n) is 6.48. The van der Waals surface area contributed by atoms with Gasteiger partial charge in [0, 0.05) is 12.7 Å². The number of rotatable bonds is 7. The molecule has 0 aromatic heterocycles. The summed E-state index contributed by atoms with van der Waals surface area (Å²) in [5.74, 6) is -1.31. The van der Waals surface area contributed by atoms with Crippen LogP contribution < -0.4 is 13.9 Å². The topological polar surface area (TPSA) is 104 Å². The van der Waals surface area contributed by atoms with Gasteiger partial charge in [0.15, 0.2) is 0 Å². The van der Waals surface area contributed by atoms with Crippen molar-refractivity contribution in [2.24, 2.45) is 0 Å². The molecule has 1 amide bonds. The quantitative estimate of drug-likeness (QED) is 0.705. The Kier molecular flexibility index (Phi) is 6.53. The molecule has 0 saturated carbocycles. The van der Waals surface area contributed by atoms with E-state index in [1.807, 2.05) is 0 Å². The molecule has 1 atom stereocenters. The number of benzene rings is 2. The van der Waals surface area contributed by atoms with E-state index in [-0.39, 0.29) is 11.4 Å². The molecular weight excluding hydrogens is 421 g/mol. The minimum atomic E-state index is -3.89. The summed E-state index contributed by atoms with van der Waals surface area (Å²) in [5.41, 5.74) is 0.617. The number of carbonyl (C=O) groups excluding carboxylic acids is 1. The summed E-state index contributed by atoms with van der Waals surface area (Å²) in [6.45, 7) is 1.37. The highest BCUT2D eigenvalue weighted by atomic mass is 32.2. The van der Waals surface area contributed by atoms with Crippen LogP contribution >= 0.6 is 0 Å². The maximum atomic E-state index is 13.6. The van der Waals surface area contributed by atoms with E-state index in [0.29, 0.717) is 5.69 Å². The maximum Gasteiger partial charge on any atom is 0.247 e. The van der Waals surface area contributed by atoms with Crippen molar-refractivity contribution in [1.29, 1.82) is 0 Å². The van der Waals surface area contributed by atoms with Crippen LogP contribution in [0.2, 0.25) is 0 Å². The number of hydrogen-bond donors (Lipinski definition) is 1. The fourth-order valence-corrected chi connectivity index (χ4v) is 4.30. The Morgan fingerprint density at radius 2 is 1.55 bits per heavy atom. The molecule has 0 aliphatic heterocycles. The normalized spacial score (nSPS) is 12.9. The van der Waals surface area contributed by atoms with Crippen molar-refractivity contribution in [2.75, 3.05) is 33.5 Å². The Morgan fingerprint density at radius 3 is 2.10 bits per heavy atom. The molecule has 2 aromatic rings. The third-order valence-corrected chi connectivity index (χ3v) is 6.57. The summed E-state index contributed by atoms with van der Waals surface area (Å²) in [4.78, 5) is 12.7. The summed E-state index contributed by atoms with van der Waals surface area (Å²) in [5, 5.41) is 2.57. The number of sulfonamides is 2. The molecule has 0 unspecified atom stereocenters. The standard InChI is InChI=1S/C18H22FN3O5S2/c1-13(22(29(4,26)27)17-10-5-7-14(19)11-17)18(23)20-15-8-6-9-16(12-15)21(2)28(3,24)25/h5-13H,1-4H3,(H,20,23)/t13-/m0/s1. The average molecular weight is 444 g/mol. The smallest absolute Gasteiger partial charge is 0.247 e. The first-order chi connectivity index (χ1) is 13.3. The molecule has 0 aliphatic carbocycles. The molecule has 0 radical (unpaired) electrons. The van der Waals surface area contributed by atoms with Crippen LogP contribution in [-0.4, -0.2) is 48.3 Å². The van der Waals surface area contributed by atoms with Crippen LogP contribution in [0.15, 0.2) is 48.5 Å². The van der Waals surface area contributed by atoms with E-state index in [0.717, 1.165) is 27.2 Å². The van der Waals surface area contributed by atoms with Gasteiger partial charge < -0.3 is 5.32 Å². The predicted octanol–water partition coefficient (Wildman–Crippen LogP) is 2.01. The number of anilines is 3. The van der Waals surface area contributed by atoms with Gasteiger partial charge in [-0.1, -0.05) is 12.1 Å². The lowest BCUT2D eigenvalue weighted by Crippen LogP contribution is -2.45. The first kappa shape index (κ1) is 22.6. The third-order valence-electron chi connectivity index (χ3n) is 4.13. The lowest BCUT2D eigenvalue weighted by Gasteiger charge is -2.28. The molecule has 0 saturated heterocycles. The van der Waals surface area contributed by atoms with Gasteiger partial charge in [0.2, 0.25) is 26.0 Å². The minimum Gasteiger partial charge on any atom is -0.324 e. The molecule has 0 aliphatic rings. The minimum absolute atomic E-state index is 0.0145. The summed E-state index contributed by atoms with van der Waals surface area (Å²) >= 11 is 0. The molecule has 1 N–H and O–H groups in total. The van der Waals surface area contributed by atoms with Gasteiger partial charge >= 0.3 is 0 Å². The maximum absolute atomic E-state index is 13.6. The van der Waals surface area contributed by atoms with E-state index < -0.39 is 37.8 Å². The number of halogens is 1. The fraction of sp³-hybridized carbons (Fsp3) is 0.278. The number of nitrogens with one attached hydrogen (secondary N) is 1. The highest BCUT2D eigenvalue weighted by molar-refractivity contribution is 7.92. The van der Waals surface area contributed by atoms with Gasteiger partial charge in [0.25, 0.3) is 0 Å². The van der Waals surface area contributed by atoms with Gasteiger partial charge in [-0.3, -0.25) is 13.4 Å². The zero-order chi connectivity index (χ0) is 22.0. The van der Waals surface area contributed by atoms with Crippen molar-refractivity contribution < 1.29 is 26.0 Å². The highest BCUT2D eigenvalue weighted by Crippen LogP contribution is 2.24. The SMILES string of the molecule is C[C@@H](C(=O)Nc1cccc(N(C)S(C)(=O)=O)c1)N(c1cccc(F)c1)S(C)(=O)=O. The van der Waals surface area contributed by atoms with Crippen LogP contribution in [0, 0.1) is 5.82 Å². The third kappa shape index (κ3) is 5.67. The highest BCUT2D eigenvalue weighted by Gasteiger charge is 2.29. The Hall–Kier alpha value is -2.66. The van der Waals surface area contributed by atoms with Crippen LogP contribution in [0.1, 0.15) is 6.92 Å². The van der Waals surface area contributed by atoms with Crippen molar-refractivity contribution in [1.82, 2.24) is 0 Å². The van der Waals surface area contributed by atoms with E-state index in [2.05, 4.69) is 5.32 Å². The van der Waals surface area contributed by atoms with Crippen LogP contribution in [0.3, 0.4) is 0 Å². The molecule has 11 heteroatoms. The molecule has 2 aromatic carbocycles. The van der Waals surface area contributed by atoms with Crippen molar-refractivity contribution in [3.05, 3.63) is 54.3 Å². The molecule has 0 fully saturated rings. The van der Waals surface area contributed by atoms with E-state index in [9.17, 15) is 26.0 Å². The first-order valence-corrected chi connectivity index (χ1v) is 12.1. The Morgan fingerprint density at radius 1 is 0.966 bits per heavy atom. The van der Waals surface area contributed by atoms with Gasteiger partial charge in [-0.25, -0.2) is 21.2 Å². The van der Waals surface area contributed by atoms with Gasteiger partial charge in [-0.05, 0) is 43.3 Å². The average Bonchev–Trinajstić information content (AvgIpc) is 2.59. The molecule has 2 rings (SSSR count). The van der Waals surface area contributed by atoms with Gasteiger partial charge in [0.05, 0.1) is 23.9 Å². The summed E-state index contributed by atoms with van der Waals surface area (Å²) in [6, 6.07) is 9.81. The summed E-state index contributed by atoms with van der Waals surface area (Å²) < 4.78 is 63.3. The van der Waals surface area contributed by atoms with Crippen LogP contribution in [0.4, 0.5) is 21.5 Å². The first-order valence-electron chi connectivity index (χ1n) is 8.40. The van der Waals surface area contributed by atoms with Gasteiger partial charge in [-0.2, -0.15) is 0 Å². The Labute approximate surface area is 170 Å². The molecule has 8 nitrogen and oxygen atoms in total. The second kappa shape index (κ2) is 8.37. The van der Waals surface area contributed by atoms with Crippen LogP contribution in [0.25, 0.3) is 0 Å².